The maximum atomic E-state index is 11.9. The van der Waals surface area contributed by atoms with E-state index in [0.29, 0.717) is 18.0 Å². The zero-order chi connectivity index (χ0) is 13.0. The number of carboxylic acid groups (broad SMARTS) is 1. The zero-order valence-corrected chi connectivity index (χ0v) is 10.1. The van der Waals surface area contributed by atoms with Crippen LogP contribution >= 0.6 is 0 Å². The largest absolute Gasteiger partial charge is 0.481 e. The molecule has 18 heavy (non-hydrogen) atoms. The summed E-state index contributed by atoms with van der Waals surface area (Å²) in [4.78, 5) is 22.5. The van der Waals surface area contributed by atoms with Crippen molar-refractivity contribution in [2.24, 2.45) is 5.92 Å². The molecule has 5 nitrogen and oxygen atoms in total. The van der Waals surface area contributed by atoms with E-state index in [1.54, 1.807) is 0 Å². The van der Waals surface area contributed by atoms with Crippen LogP contribution in [0, 0.1) is 5.92 Å². The average molecular weight is 251 g/mol. The summed E-state index contributed by atoms with van der Waals surface area (Å²) in [6.07, 6.45) is 5.87. The molecule has 1 aromatic heterocycles. The van der Waals surface area contributed by atoms with Gasteiger partial charge >= 0.3 is 5.97 Å². The van der Waals surface area contributed by atoms with Crippen molar-refractivity contribution < 1.29 is 19.1 Å². The van der Waals surface area contributed by atoms with Gasteiger partial charge in [-0.25, -0.2) is 0 Å². The third-order valence-corrected chi connectivity index (χ3v) is 3.33. The molecule has 0 aliphatic heterocycles. The van der Waals surface area contributed by atoms with Crippen molar-refractivity contribution >= 4 is 11.9 Å². The highest BCUT2D eigenvalue weighted by Crippen LogP contribution is 2.23. The lowest BCUT2D eigenvalue weighted by atomic mass is 10.1. The van der Waals surface area contributed by atoms with Crippen LogP contribution in [0.5, 0.6) is 0 Å². The molecule has 0 aromatic carbocycles. The number of hydrogen-bond donors (Lipinski definition) is 2. The number of carbonyl (C=O) groups excluding carboxylic acids is 1. The number of hydrogen-bond acceptors (Lipinski definition) is 3. The lowest BCUT2D eigenvalue weighted by Crippen LogP contribution is -2.28. The molecule has 1 saturated carbocycles. The van der Waals surface area contributed by atoms with Crippen molar-refractivity contribution in [3.8, 4) is 0 Å². The first-order valence-electron chi connectivity index (χ1n) is 6.23. The Bertz CT molecular complexity index is 432. The van der Waals surface area contributed by atoms with E-state index >= 15 is 0 Å². The van der Waals surface area contributed by atoms with Crippen LogP contribution in [0.25, 0.3) is 0 Å². The van der Waals surface area contributed by atoms with Gasteiger partial charge in [0.2, 0.25) is 0 Å². The molecule has 0 radical (unpaired) electrons. The SMILES string of the molecule is O=C(O)Cc1occc1C(=O)NCC1CCCC1. The summed E-state index contributed by atoms with van der Waals surface area (Å²) in [6, 6.07) is 1.52. The quantitative estimate of drug-likeness (QED) is 0.836. The number of aliphatic carboxylic acids is 1. The smallest absolute Gasteiger partial charge is 0.311 e. The Morgan fingerprint density at radius 1 is 1.39 bits per heavy atom. The highest BCUT2D eigenvalue weighted by Gasteiger charge is 2.19. The summed E-state index contributed by atoms with van der Waals surface area (Å²) >= 11 is 0. The summed E-state index contributed by atoms with van der Waals surface area (Å²) in [5.41, 5.74) is 0.329. The Morgan fingerprint density at radius 3 is 2.78 bits per heavy atom. The van der Waals surface area contributed by atoms with E-state index in [1.807, 2.05) is 0 Å². The zero-order valence-electron chi connectivity index (χ0n) is 10.1. The van der Waals surface area contributed by atoms with Crippen LogP contribution in [0.15, 0.2) is 16.7 Å². The van der Waals surface area contributed by atoms with Gasteiger partial charge in [-0.3, -0.25) is 9.59 Å². The Balaban J connectivity index is 1.91. The van der Waals surface area contributed by atoms with Gasteiger partial charge in [-0.05, 0) is 24.8 Å². The predicted molar refractivity (Wildman–Crippen MR) is 64.3 cm³/mol. The predicted octanol–water partition coefficient (Wildman–Crippen LogP) is 1.83. The lowest BCUT2D eigenvalue weighted by Gasteiger charge is -2.10. The number of nitrogens with one attached hydrogen (secondary N) is 1. The van der Waals surface area contributed by atoms with Gasteiger partial charge in [0.25, 0.3) is 5.91 Å². The van der Waals surface area contributed by atoms with Crippen LogP contribution in [0.2, 0.25) is 0 Å². The molecule has 5 heteroatoms. The normalized spacial score (nSPS) is 15.8. The van der Waals surface area contributed by atoms with Gasteiger partial charge < -0.3 is 14.8 Å². The molecule has 98 valence electrons. The molecule has 1 aromatic rings. The van der Waals surface area contributed by atoms with Crippen LogP contribution in [-0.2, 0) is 11.2 Å². The van der Waals surface area contributed by atoms with Crippen LogP contribution < -0.4 is 5.32 Å². The van der Waals surface area contributed by atoms with Gasteiger partial charge in [0.1, 0.15) is 12.2 Å². The topological polar surface area (TPSA) is 79.5 Å². The van der Waals surface area contributed by atoms with Gasteiger partial charge in [0.05, 0.1) is 11.8 Å². The molecule has 1 fully saturated rings. The fraction of sp³-hybridized carbons (Fsp3) is 0.538. The fourth-order valence-corrected chi connectivity index (χ4v) is 2.36. The van der Waals surface area contributed by atoms with E-state index in [1.165, 1.54) is 25.2 Å². The number of furan rings is 1. The Morgan fingerprint density at radius 2 is 2.11 bits per heavy atom. The fourth-order valence-electron chi connectivity index (χ4n) is 2.36. The standard InChI is InChI=1S/C13H17NO4/c15-12(16)7-11-10(5-6-18-11)13(17)14-8-9-3-1-2-4-9/h5-6,9H,1-4,7-8H2,(H,14,17)(H,15,16). The number of carbonyl (C=O) groups is 2. The van der Waals surface area contributed by atoms with Crippen molar-refractivity contribution in [2.75, 3.05) is 6.54 Å². The monoisotopic (exact) mass is 251 g/mol. The molecule has 2 rings (SSSR count). The van der Waals surface area contributed by atoms with Crippen LogP contribution in [0.3, 0.4) is 0 Å². The number of rotatable bonds is 5. The van der Waals surface area contributed by atoms with Crippen LogP contribution in [-0.4, -0.2) is 23.5 Å². The van der Waals surface area contributed by atoms with Crippen molar-refractivity contribution in [1.82, 2.24) is 5.32 Å². The second kappa shape index (κ2) is 5.71. The first-order valence-corrected chi connectivity index (χ1v) is 6.23. The van der Waals surface area contributed by atoms with Crippen molar-refractivity contribution in [3.05, 3.63) is 23.7 Å². The van der Waals surface area contributed by atoms with E-state index < -0.39 is 5.97 Å². The molecular formula is C13H17NO4. The van der Waals surface area contributed by atoms with Crippen LogP contribution in [0.1, 0.15) is 41.8 Å². The minimum atomic E-state index is -1.00. The Kier molecular flexibility index (Phi) is 4.02. The average Bonchev–Trinajstić information content (AvgIpc) is 2.95. The molecule has 1 heterocycles. The minimum Gasteiger partial charge on any atom is -0.481 e. The highest BCUT2D eigenvalue weighted by molar-refractivity contribution is 5.95. The first-order chi connectivity index (χ1) is 8.66. The highest BCUT2D eigenvalue weighted by atomic mass is 16.4. The lowest BCUT2D eigenvalue weighted by molar-refractivity contribution is -0.136. The molecule has 0 atom stereocenters. The Labute approximate surface area is 105 Å². The van der Waals surface area contributed by atoms with E-state index in [2.05, 4.69) is 5.32 Å². The maximum Gasteiger partial charge on any atom is 0.311 e. The molecule has 0 unspecified atom stereocenters. The van der Waals surface area contributed by atoms with Crippen molar-refractivity contribution in [1.29, 1.82) is 0 Å². The molecule has 0 spiro atoms. The van der Waals surface area contributed by atoms with Gasteiger partial charge in [0.15, 0.2) is 0 Å². The van der Waals surface area contributed by atoms with E-state index in [0.717, 1.165) is 12.8 Å². The second-order valence-electron chi connectivity index (χ2n) is 4.69. The number of carboxylic acids is 1. The van der Waals surface area contributed by atoms with Gasteiger partial charge in [-0.15, -0.1) is 0 Å². The van der Waals surface area contributed by atoms with Gasteiger partial charge in [-0.2, -0.15) is 0 Å². The van der Waals surface area contributed by atoms with Gasteiger partial charge in [0, 0.05) is 6.54 Å². The molecule has 2 N–H and O–H groups in total. The van der Waals surface area contributed by atoms with E-state index in [4.69, 9.17) is 9.52 Å². The summed E-state index contributed by atoms with van der Waals surface area (Å²) in [5.74, 6) is -0.475. The molecule has 0 saturated heterocycles. The van der Waals surface area contributed by atoms with Crippen molar-refractivity contribution in [3.63, 3.8) is 0 Å². The third-order valence-electron chi connectivity index (χ3n) is 3.33. The summed E-state index contributed by atoms with van der Waals surface area (Å²) < 4.78 is 5.03. The molecule has 1 aliphatic rings. The summed E-state index contributed by atoms with van der Waals surface area (Å²) in [7, 11) is 0. The van der Waals surface area contributed by atoms with Crippen LogP contribution in [0.4, 0.5) is 0 Å². The van der Waals surface area contributed by atoms with Crippen molar-refractivity contribution in [2.45, 2.75) is 32.1 Å². The molecule has 1 amide bonds. The Hall–Kier alpha value is -1.78. The summed E-state index contributed by atoms with van der Waals surface area (Å²) in [5, 5.41) is 11.6. The number of amides is 1. The molecule has 0 bridgehead atoms. The summed E-state index contributed by atoms with van der Waals surface area (Å²) in [6.45, 7) is 0.663. The first kappa shape index (κ1) is 12.7. The third kappa shape index (κ3) is 3.12. The molecular weight excluding hydrogens is 234 g/mol. The second-order valence-corrected chi connectivity index (χ2v) is 4.69. The maximum absolute atomic E-state index is 11.9. The minimum absolute atomic E-state index is 0.214. The molecule has 1 aliphatic carbocycles. The van der Waals surface area contributed by atoms with E-state index in [-0.39, 0.29) is 18.1 Å². The van der Waals surface area contributed by atoms with E-state index in [9.17, 15) is 9.59 Å². The van der Waals surface area contributed by atoms with Gasteiger partial charge in [-0.1, -0.05) is 12.8 Å².